The fourth-order valence-corrected chi connectivity index (χ4v) is 3.42. The predicted molar refractivity (Wildman–Crippen MR) is 75.5 cm³/mol. The molecule has 1 saturated carbocycles. The highest BCUT2D eigenvalue weighted by molar-refractivity contribution is 5.83. The van der Waals surface area contributed by atoms with Crippen LogP contribution in [0.1, 0.15) is 52.9 Å². The molecule has 2 nitrogen and oxygen atoms in total. The lowest BCUT2D eigenvalue weighted by Crippen LogP contribution is -2.42. The predicted octanol–water partition coefficient (Wildman–Crippen LogP) is 3.36. The minimum absolute atomic E-state index is 0.371. The highest BCUT2D eigenvalue weighted by Crippen LogP contribution is 2.29. The summed E-state index contributed by atoms with van der Waals surface area (Å²) in [7, 11) is 0. The Bertz CT molecular complexity index is 281. The summed E-state index contributed by atoms with van der Waals surface area (Å²) in [5, 5.41) is 0. The molecule has 2 heteroatoms. The quantitative estimate of drug-likeness (QED) is 0.766. The number of Topliss-reactive ketones (excluding diaryl/α,β-unsaturated/α-hetero) is 1. The molecule has 0 amide bonds. The molecule has 18 heavy (non-hydrogen) atoms. The Hall–Kier alpha value is -0.370. The Morgan fingerprint density at radius 1 is 1.00 bits per heavy atom. The molecule has 2 atom stereocenters. The fourth-order valence-electron chi connectivity index (χ4n) is 3.42. The molecule has 2 fully saturated rings. The van der Waals surface area contributed by atoms with Crippen LogP contribution in [0.2, 0.25) is 0 Å². The standard InChI is InChI=1S/C16H29NO/c1-12-4-6-15(7-5-12)16(18)11-17-9-8-13(2)14(3)10-17/h12-15H,4-11H2,1-3H3. The van der Waals surface area contributed by atoms with Gasteiger partial charge in [0.15, 0.2) is 0 Å². The zero-order valence-electron chi connectivity index (χ0n) is 12.3. The number of hydrogen-bond donors (Lipinski definition) is 0. The van der Waals surface area contributed by atoms with E-state index in [4.69, 9.17) is 0 Å². The van der Waals surface area contributed by atoms with Crippen LogP contribution in [0.3, 0.4) is 0 Å². The summed E-state index contributed by atoms with van der Waals surface area (Å²) < 4.78 is 0. The maximum atomic E-state index is 12.3. The fraction of sp³-hybridized carbons (Fsp3) is 0.938. The Labute approximate surface area is 112 Å². The van der Waals surface area contributed by atoms with Crippen molar-refractivity contribution in [1.82, 2.24) is 4.90 Å². The van der Waals surface area contributed by atoms with Gasteiger partial charge in [-0.05, 0) is 43.6 Å². The topological polar surface area (TPSA) is 20.3 Å². The number of carbonyl (C=O) groups excluding carboxylic acids is 1. The molecule has 2 aliphatic rings. The summed E-state index contributed by atoms with van der Waals surface area (Å²) in [6, 6.07) is 0. The molecule has 1 aliphatic heterocycles. The second-order valence-electron chi connectivity index (χ2n) is 6.90. The molecule has 2 unspecified atom stereocenters. The minimum atomic E-state index is 0.371. The third-order valence-corrected chi connectivity index (χ3v) is 5.27. The van der Waals surface area contributed by atoms with E-state index in [1.54, 1.807) is 0 Å². The second kappa shape index (κ2) is 6.18. The van der Waals surface area contributed by atoms with Crippen molar-refractivity contribution in [3.05, 3.63) is 0 Å². The van der Waals surface area contributed by atoms with Crippen LogP contribution in [-0.2, 0) is 4.79 Å². The van der Waals surface area contributed by atoms with Crippen molar-refractivity contribution in [3.63, 3.8) is 0 Å². The summed E-state index contributed by atoms with van der Waals surface area (Å²) in [5.74, 6) is 3.30. The molecule has 1 aliphatic carbocycles. The van der Waals surface area contributed by atoms with Crippen molar-refractivity contribution in [3.8, 4) is 0 Å². The van der Waals surface area contributed by atoms with E-state index in [1.165, 1.54) is 19.3 Å². The van der Waals surface area contributed by atoms with E-state index in [1.807, 2.05) is 0 Å². The molecule has 0 radical (unpaired) electrons. The van der Waals surface area contributed by atoms with Gasteiger partial charge in [-0.25, -0.2) is 0 Å². The molecule has 1 heterocycles. The van der Waals surface area contributed by atoms with Crippen molar-refractivity contribution < 1.29 is 4.79 Å². The summed E-state index contributed by atoms with van der Waals surface area (Å²) >= 11 is 0. The average molecular weight is 251 g/mol. The highest BCUT2D eigenvalue weighted by Gasteiger charge is 2.28. The van der Waals surface area contributed by atoms with Gasteiger partial charge in [-0.2, -0.15) is 0 Å². The van der Waals surface area contributed by atoms with E-state index >= 15 is 0 Å². The van der Waals surface area contributed by atoms with Crippen LogP contribution in [0.5, 0.6) is 0 Å². The van der Waals surface area contributed by atoms with Gasteiger partial charge in [-0.1, -0.05) is 33.6 Å². The van der Waals surface area contributed by atoms with Crippen LogP contribution < -0.4 is 0 Å². The number of carbonyl (C=O) groups is 1. The van der Waals surface area contributed by atoms with E-state index in [0.29, 0.717) is 11.7 Å². The molecule has 2 rings (SSSR count). The smallest absolute Gasteiger partial charge is 0.149 e. The van der Waals surface area contributed by atoms with E-state index in [0.717, 1.165) is 50.2 Å². The van der Waals surface area contributed by atoms with Crippen molar-refractivity contribution in [2.24, 2.45) is 23.7 Å². The molecular weight excluding hydrogens is 222 g/mol. The Morgan fingerprint density at radius 3 is 2.28 bits per heavy atom. The average Bonchev–Trinajstić information content (AvgIpc) is 2.34. The van der Waals surface area contributed by atoms with E-state index in [9.17, 15) is 4.79 Å². The molecule has 104 valence electrons. The van der Waals surface area contributed by atoms with Crippen molar-refractivity contribution in [1.29, 1.82) is 0 Å². The van der Waals surface area contributed by atoms with Gasteiger partial charge in [0, 0.05) is 12.5 Å². The molecule has 0 aromatic rings. The van der Waals surface area contributed by atoms with Gasteiger partial charge in [0.1, 0.15) is 5.78 Å². The van der Waals surface area contributed by atoms with Crippen LogP contribution in [0.25, 0.3) is 0 Å². The van der Waals surface area contributed by atoms with E-state index in [2.05, 4.69) is 25.7 Å². The Kier molecular flexibility index (Phi) is 4.83. The first-order chi connectivity index (χ1) is 8.56. The molecule has 0 aromatic heterocycles. The number of rotatable bonds is 3. The number of likely N-dealkylation sites (tertiary alicyclic amines) is 1. The number of ketones is 1. The first-order valence-corrected chi connectivity index (χ1v) is 7.81. The molecule has 0 aromatic carbocycles. The van der Waals surface area contributed by atoms with Crippen LogP contribution in [0.15, 0.2) is 0 Å². The first-order valence-electron chi connectivity index (χ1n) is 7.81. The Morgan fingerprint density at radius 2 is 1.67 bits per heavy atom. The highest BCUT2D eigenvalue weighted by atomic mass is 16.1. The van der Waals surface area contributed by atoms with Gasteiger partial charge in [-0.3, -0.25) is 9.69 Å². The van der Waals surface area contributed by atoms with E-state index < -0.39 is 0 Å². The molecule has 0 N–H and O–H groups in total. The van der Waals surface area contributed by atoms with Gasteiger partial charge in [-0.15, -0.1) is 0 Å². The second-order valence-corrected chi connectivity index (χ2v) is 6.90. The van der Waals surface area contributed by atoms with Gasteiger partial charge in [0.25, 0.3) is 0 Å². The lowest BCUT2D eigenvalue weighted by Gasteiger charge is -2.36. The third kappa shape index (κ3) is 3.57. The van der Waals surface area contributed by atoms with Gasteiger partial charge in [0.05, 0.1) is 6.54 Å². The SMILES string of the molecule is CC1CCC(C(=O)CN2CCC(C)C(C)C2)CC1. The normalized spacial score (nSPS) is 38.6. The zero-order chi connectivity index (χ0) is 13.1. The minimum Gasteiger partial charge on any atom is -0.298 e. The van der Waals surface area contributed by atoms with Gasteiger partial charge >= 0.3 is 0 Å². The lowest BCUT2D eigenvalue weighted by molar-refractivity contribution is -0.125. The van der Waals surface area contributed by atoms with Crippen molar-refractivity contribution in [2.45, 2.75) is 52.9 Å². The van der Waals surface area contributed by atoms with Crippen LogP contribution >= 0.6 is 0 Å². The molecule has 1 saturated heterocycles. The summed E-state index contributed by atoms with van der Waals surface area (Å²) in [5.41, 5.74) is 0. The number of hydrogen-bond acceptors (Lipinski definition) is 2. The largest absolute Gasteiger partial charge is 0.298 e. The van der Waals surface area contributed by atoms with E-state index in [-0.39, 0.29) is 0 Å². The Balaban J connectivity index is 1.77. The first kappa shape index (κ1) is 14.0. The van der Waals surface area contributed by atoms with Crippen LogP contribution in [-0.4, -0.2) is 30.3 Å². The van der Waals surface area contributed by atoms with Crippen LogP contribution in [0, 0.1) is 23.7 Å². The summed E-state index contributed by atoms with van der Waals surface area (Å²) in [6.45, 7) is 9.94. The van der Waals surface area contributed by atoms with Crippen molar-refractivity contribution >= 4 is 5.78 Å². The van der Waals surface area contributed by atoms with Gasteiger partial charge < -0.3 is 0 Å². The number of nitrogens with zero attached hydrogens (tertiary/aromatic N) is 1. The van der Waals surface area contributed by atoms with Gasteiger partial charge in [0.2, 0.25) is 0 Å². The lowest BCUT2D eigenvalue weighted by atomic mass is 9.80. The monoisotopic (exact) mass is 251 g/mol. The summed E-state index contributed by atoms with van der Waals surface area (Å²) in [4.78, 5) is 14.7. The maximum absolute atomic E-state index is 12.3. The number of piperidine rings is 1. The van der Waals surface area contributed by atoms with Crippen molar-refractivity contribution in [2.75, 3.05) is 19.6 Å². The third-order valence-electron chi connectivity index (χ3n) is 5.27. The maximum Gasteiger partial charge on any atom is 0.149 e. The zero-order valence-corrected chi connectivity index (χ0v) is 12.3. The molecule has 0 bridgehead atoms. The van der Waals surface area contributed by atoms with Crippen LogP contribution in [0.4, 0.5) is 0 Å². The molecular formula is C16H29NO. The summed E-state index contributed by atoms with van der Waals surface area (Å²) in [6.07, 6.45) is 6.05. The molecule has 0 spiro atoms.